The minimum atomic E-state index is -0.518. The monoisotopic (exact) mass is 271 g/mol. The van der Waals surface area contributed by atoms with E-state index < -0.39 is 4.92 Å². The second-order valence-corrected chi connectivity index (χ2v) is 4.50. The second kappa shape index (κ2) is 6.99. The highest BCUT2D eigenvalue weighted by Crippen LogP contribution is 2.24. The maximum absolute atomic E-state index is 10.7. The van der Waals surface area contributed by atoms with Gasteiger partial charge in [-0.05, 0) is 0 Å². The van der Waals surface area contributed by atoms with Gasteiger partial charge in [-0.15, -0.1) is 18.2 Å². The molecule has 0 spiro atoms. The van der Waals surface area contributed by atoms with E-state index in [2.05, 4.69) is 16.2 Å². The van der Waals surface area contributed by atoms with Gasteiger partial charge in [-0.3, -0.25) is 10.1 Å². The van der Waals surface area contributed by atoms with Crippen LogP contribution in [0, 0.1) is 22.5 Å². The zero-order valence-electron chi connectivity index (χ0n) is 8.85. The molecule has 17 heavy (non-hydrogen) atoms. The Kier molecular flexibility index (Phi) is 5.60. The number of hydrogen-bond donors (Lipinski definition) is 1. The van der Waals surface area contributed by atoms with Crippen LogP contribution in [0.25, 0.3) is 0 Å². The van der Waals surface area contributed by atoms with Crippen LogP contribution in [0.15, 0.2) is 12.3 Å². The summed E-state index contributed by atoms with van der Waals surface area (Å²) in [7, 11) is 0. The van der Waals surface area contributed by atoms with E-state index in [0.717, 1.165) is 5.75 Å². The molecule has 0 aromatic carbocycles. The molecule has 0 saturated carbocycles. The fourth-order valence-electron chi connectivity index (χ4n) is 1.08. The molecule has 5 nitrogen and oxygen atoms in total. The molecule has 90 valence electrons. The number of thioether (sulfide) groups is 1. The molecule has 1 aromatic rings. The number of rotatable bonds is 6. The molecule has 0 amide bonds. The summed E-state index contributed by atoms with van der Waals surface area (Å²) in [5, 5.41) is 13.9. The molecule has 0 fully saturated rings. The molecule has 0 saturated heterocycles. The summed E-state index contributed by atoms with van der Waals surface area (Å²) in [6.45, 7) is 0.557. The summed E-state index contributed by atoms with van der Waals surface area (Å²) in [6.07, 6.45) is 6.46. The van der Waals surface area contributed by atoms with E-state index in [0.29, 0.717) is 12.3 Å². The topological polar surface area (TPSA) is 68.1 Å². The molecule has 1 aromatic heterocycles. The Labute approximate surface area is 108 Å². The molecule has 0 aliphatic rings. The minimum absolute atomic E-state index is 0.126. The number of nitrogens with zero attached hydrogens (tertiary/aromatic N) is 2. The van der Waals surface area contributed by atoms with Gasteiger partial charge in [0.15, 0.2) is 0 Å². The zero-order chi connectivity index (χ0) is 12.7. The number of nitro groups is 1. The van der Waals surface area contributed by atoms with Crippen LogP contribution in [-0.2, 0) is 0 Å². The van der Waals surface area contributed by atoms with Crippen LogP contribution in [0.4, 0.5) is 11.5 Å². The number of aromatic nitrogens is 1. The summed E-state index contributed by atoms with van der Waals surface area (Å²) in [5.74, 6) is 4.10. The van der Waals surface area contributed by atoms with Crippen molar-refractivity contribution in [2.24, 2.45) is 0 Å². The van der Waals surface area contributed by atoms with Crippen molar-refractivity contribution in [2.45, 2.75) is 0 Å². The lowest BCUT2D eigenvalue weighted by Gasteiger charge is -2.05. The van der Waals surface area contributed by atoms with Gasteiger partial charge in [0, 0.05) is 24.6 Å². The van der Waals surface area contributed by atoms with Crippen LogP contribution >= 0.6 is 23.4 Å². The van der Waals surface area contributed by atoms with Crippen molar-refractivity contribution in [2.75, 3.05) is 23.4 Å². The van der Waals surface area contributed by atoms with Crippen molar-refractivity contribution in [1.82, 2.24) is 4.98 Å². The summed E-state index contributed by atoms with van der Waals surface area (Å²) in [5.41, 5.74) is -0.126. The minimum Gasteiger partial charge on any atom is -0.364 e. The predicted molar refractivity (Wildman–Crippen MR) is 70.5 cm³/mol. The van der Waals surface area contributed by atoms with Gasteiger partial charge >= 0.3 is 5.69 Å². The van der Waals surface area contributed by atoms with E-state index >= 15 is 0 Å². The first-order valence-electron chi connectivity index (χ1n) is 4.70. The molecule has 0 aliphatic heterocycles. The third-order valence-corrected chi connectivity index (χ3v) is 2.83. The summed E-state index contributed by atoms with van der Waals surface area (Å²) >= 11 is 7.21. The molecule has 7 heteroatoms. The van der Waals surface area contributed by atoms with E-state index in [1.807, 2.05) is 0 Å². The number of terminal acetylenes is 1. The molecule has 0 bridgehead atoms. The van der Waals surface area contributed by atoms with E-state index in [1.165, 1.54) is 12.3 Å². The van der Waals surface area contributed by atoms with Gasteiger partial charge < -0.3 is 5.32 Å². The number of halogens is 1. The van der Waals surface area contributed by atoms with E-state index in [4.69, 9.17) is 18.0 Å². The maximum atomic E-state index is 10.7. The fourth-order valence-corrected chi connectivity index (χ4v) is 1.74. The largest absolute Gasteiger partial charge is 0.364 e. The average Bonchev–Trinajstić information content (AvgIpc) is 2.30. The molecule has 1 N–H and O–H groups in total. The summed E-state index contributed by atoms with van der Waals surface area (Å²) in [4.78, 5) is 14.1. The Morgan fingerprint density at radius 1 is 1.71 bits per heavy atom. The lowest BCUT2D eigenvalue weighted by molar-refractivity contribution is -0.384. The van der Waals surface area contributed by atoms with Crippen LogP contribution in [0.1, 0.15) is 0 Å². The van der Waals surface area contributed by atoms with Crippen LogP contribution in [0.3, 0.4) is 0 Å². The lowest BCUT2D eigenvalue weighted by atomic mass is 10.4. The molecule has 0 atom stereocenters. The smallest absolute Gasteiger partial charge is 0.312 e. The first-order valence-corrected chi connectivity index (χ1v) is 6.23. The van der Waals surface area contributed by atoms with Gasteiger partial charge in [-0.2, -0.15) is 0 Å². The Morgan fingerprint density at radius 2 is 2.47 bits per heavy atom. The van der Waals surface area contributed by atoms with E-state index in [1.54, 1.807) is 11.8 Å². The van der Waals surface area contributed by atoms with E-state index in [-0.39, 0.29) is 16.5 Å². The molecular formula is C10H10ClN3O2S. The normalized spacial score (nSPS) is 9.65. The Hall–Kier alpha value is -1.45. The molecule has 0 unspecified atom stereocenters. The quantitative estimate of drug-likeness (QED) is 0.372. The van der Waals surface area contributed by atoms with Crippen LogP contribution in [0.2, 0.25) is 5.02 Å². The van der Waals surface area contributed by atoms with Gasteiger partial charge in [0.25, 0.3) is 0 Å². The van der Waals surface area contributed by atoms with Gasteiger partial charge in [0.05, 0.1) is 15.7 Å². The van der Waals surface area contributed by atoms with Crippen LogP contribution < -0.4 is 5.32 Å². The van der Waals surface area contributed by atoms with Crippen molar-refractivity contribution in [3.05, 3.63) is 27.4 Å². The highest BCUT2D eigenvalue weighted by Gasteiger charge is 2.15. The Bertz CT molecular complexity index is 448. The highest BCUT2D eigenvalue weighted by atomic mass is 35.5. The third kappa shape index (κ3) is 4.51. The molecule has 1 heterocycles. The van der Waals surface area contributed by atoms with E-state index in [9.17, 15) is 10.1 Å². The zero-order valence-corrected chi connectivity index (χ0v) is 10.4. The molecule has 0 radical (unpaired) electrons. The first-order chi connectivity index (χ1) is 8.15. The number of hydrogen-bond acceptors (Lipinski definition) is 5. The van der Waals surface area contributed by atoms with Gasteiger partial charge in [0.1, 0.15) is 0 Å². The average molecular weight is 272 g/mol. The molecular weight excluding hydrogens is 262 g/mol. The maximum Gasteiger partial charge on any atom is 0.312 e. The van der Waals surface area contributed by atoms with Crippen LogP contribution in [0.5, 0.6) is 0 Å². The Morgan fingerprint density at radius 3 is 3.12 bits per heavy atom. The van der Waals surface area contributed by atoms with Crippen molar-refractivity contribution in [3.63, 3.8) is 0 Å². The van der Waals surface area contributed by atoms with Gasteiger partial charge in [0.2, 0.25) is 5.82 Å². The number of nitrogens with one attached hydrogen (secondary N) is 1. The lowest BCUT2D eigenvalue weighted by Crippen LogP contribution is -2.08. The van der Waals surface area contributed by atoms with Crippen molar-refractivity contribution >= 4 is 34.9 Å². The summed E-state index contributed by atoms with van der Waals surface area (Å²) in [6, 6.07) is 1.27. The van der Waals surface area contributed by atoms with Crippen molar-refractivity contribution < 1.29 is 4.92 Å². The third-order valence-electron chi connectivity index (χ3n) is 1.76. The second-order valence-electron chi connectivity index (χ2n) is 2.96. The SMILES string of the molecule is C#CCSCCNc1ncc(Cl)cc1[N+](=O)[O-]. The van der Waals surface area contributed by atoms with Gasteiger partial charge in [-0.1, -0.05) is 17.5 Å². The molecule has 1 rings (SSSR count). The Balaban J connectivity index is 2.59. The van der Waals surface area contributed by atoms with Gasteiger partial charge in [-0.25, -0.2) is 4.98 Å². The summed E-state index contributed by atoms with van der Waals surface area (Å²) < 4.78 is 0. The molecule has 0 aliphatic carbocycles. The number of anilines is 1. The first kappa shape index (κ1) is 13.6. The highest BCUT2D eigenvalue weighted by molar-refractivity contribution is 7.99. The number of pyridine rings is 1. The van der Waals surface area contributed by atoms with Crippen LogP contribution in [-0.4, -0.2) is 28.0 Å². The van der Waals surface area contributed by atoms with Crippen molar-refractivity contribution in [1.29, 1.82) is 0 Å². The van der Waals surface area contributed by atoms with Crippen molar-refractivity contribution in [3.8, 4) is 12.3 Å². The standard InChI is InChI=1S/C10H10ClN3O2S/c1-2-4-17-5-3-12-10-9(14(15)16)6-8(11)7-13-10/h1,6-7H,3-5H2,(H,12,13). The predicted octanol–water partition coefficient (Wildman–Crippen LogP) is 2.42. The fraction of sp³-hybridized carbons (Fsp3) is 0.300.